The Morgan fingerprint density at radius 3 is 2.57 bits per heavy atom. The van der Waals surface area contributed by atoms with Gasteiger partial charge in [0.1, 0.15) is 11.5 Å². The fourth-order valence-electron chi connectivity index (χ4n) is 3.09. The van der Waals surface area contributed by atoms with Gasteiger partial charge in [0.15, 0.2) is 12.1 Å². The predicted octanol–water partition coefficient (Wildman–Crippen LogP) is 3.67. The third-order valence-electron chi connectivity index (χ3n) is 4.60. The summed E-state index contributed by atoms with van der Waals surface area (Å²) in [6.07, 6.45) is 4.65. The maximum Gasteiger partial charge on any atom is 0.172 e. The van der Waals surface area contributed by atoms with Gasteiger partial charge in [-0.25, -0.2) is 9.97 Å². The largest absolute Gasteiger partial charge is 0.705 e. The number of aryl methyl sites for hydroxylation is 1. The third kappa shape index (κ3) is 11.5. The summed E-state index contributed by atoms with van der Waals surface area (Å²) in [4.78, 5) is 20.8. The molecule has 9 nitrogen and oxygen atoms in total. The van der Waals surface area contributed by atoms with Crippen molar-refractivity contribution < 1.29 is 35.7 Å². The summed E-state index contributed by atoms with van der Waals surface area (Å²) in [6.45, 7) is 6.52. The van der Waals surface area contributed by atoms with Crippen molar-refractivity contribution in [3.8, 4) is 11.8 Å². The van der Waals surface area contributed by atoms with Crippen molar-refractivity contribution in [3.63, 3.8) is 0 Å². The molecule has 190 valence electrons. The molecule has 0 spiro atoms. The Hall–Kier alpha value is -2.76. The summed E-state index contributed by atoms with van der Waals surface area (Å²) < 4.78 is 5.42. The monoisotopic (exact) mass is 651 g/mol. The van der Waals surface area contributed by atoms with Crippen LogP contribution < -0.4 is 16.4 Å². The SMILES string of the molecule is C=C[NH-].CCc1nc(C=O)c(Nc2cccc(C#CCCO)c2)nc1NC1CCOCC1.CN.[W]. The van der Waals surface area contributed by atoms with Crippen molar-refractivity contribution in [2.24, 2.45) is 5.73 Å². The van der Waals surface area contributed by atoms with Crippen LogP contribution in [0.4, 0.5) is 17.3 Å². The number of rotatable bonds is 7. The molecule has 0 atom stereocenters. The maximum atomic E-state index is 11.6. The second-order valence-electron chi connectivity index (χ2n) is 6.94. The molecule has 3 rings (SSSR count). The Kier molecular flexibility index (Phi) is 18.0. The van der Waals surface area contributed by atoms with Crippen molar-refractivity contribution in [2.45, 2.75) is 38.6 Å². The minimum atomic E-state index is 0. The Labute approximate surface area is 222 Å². The zero-order valence-electron chi connectivity index (χ0n) is 20.3. The van der Waals surface area contributed by atoms with Gasteiger partial charge in [-0.05, 0) is 44.5 Å². The van der Waals surface area contributed by atoms with Gasteiger partial charge in [-0.1, -0.05) is 24.8 Å². The molecule has 0 saturated carbocycles. The number of nitrogens with zero attached hydrogens (tertiary/aromatic N) is 2. The number of benzene rings is 1. The number of anilines is 3. The van der Waals surface area contributed by atoms with E-state index in [-0.39, 0.29) is 39.4 Å². The first-order valence-corrected chi connectivity index (χ1v) is 11.2. The van der Waals surface area contributed by atoms with E-state index in [1.807, 2.05) is 31.2 Å². The molecule has 10 heteroatoms. The molecule has 1 fully saturated rings. The van der Waals surface area contributed by atoms with E-state index < -0.39 is 0 Å². The zero-order valence-corrected chi connectivity index (χ0v) is 23.3. The molecule has 35 heavy (non-hydrogen) atoms. The third-order valence-corrected chi connectivity index (χ3v) is 4.60. The molecular weight excluding hydrogens is 616 g/mol. The van der Waals surface area contributed by atoms with Gasteiger partial charge >= 0.3 is 0 Å². The molecule has 1 aromatic carbocycles. The van der Waals surface area contributed by atoms with E-state index in [4.69, 9.17) is 15.6 Å². The molecule has 1 saturated heterocycles. The molecule has 6 N–H and O–H groups in total. The number of hydrogen-bond acceptors (Lipinski definition) is 8. The fourth-order valence-corrected chi connectivity index (χ4v) is 3.09. The number of carbonyl (C=O) groups is 1. The fraction of sp³-hybridized carbons (Fsp3) is 0.400. The Balaban J connectivity index is 0.00000179. The van der Waals surface area contributed by atoms with Crippen molar-refractivity contribution in [1.29, 1.82) is 0 Å². The second-order valence-corrected chi connectivity index (χ2v) is 6.94. The van der Waals surface area contributed by atoms with Crippen LogP contribution in [0.5, 0.6) is 0 Å². The molecule has 0 radical (unpaired) electrons. The van der Waals surface area contributed by atoms with E-state index in [9.17, 15) is 4.79 Å². The number of aliphatic hydroxyl groups is 1. The Bertz CT molecular complexity index is 956. The van der Waals surface area contributed by atoms with Crippen LogP contribution >= 0.6 is 0 Å². The molecule has 1 aromatic heterocycles. The standard InChI is InChI=1S/C22H26N4O3.C2H4N.CH5N.W/c1-2-19-21(23-17-9-12-29-13-10-17)26-22(20(15-28)25-19)24-18-8-5-7-16(14-18)6-3-4-11-27;1-2-3;1-2;/h5,7-8,14-15,17,27H,2,4,9-13H2,1H3,(H2,23,24,26);2-3H,1H2;2H2,1H3;/q;-1;;. The number of aromatic nitrogens is 2. The minimum Gasteiger partial charge on any atom is -0.705 e. The van der Waals surface area contributed by atoms with E-state index in [1.165, 1.54) is 7.05 Å². The van der Waals surface area contributed by atoms with Crippen molar-refractivity contribution in [1.82, 2.24) is 9.97 Å². The average molecular weight is 651 g/mol. The first kappa shape index (κ1) is 32.2. The minimum absolute atomic E-state index is 0. The summed E-state index contributed by atoms with van der Waals surface area (Å²) in [6, 6.07) is 7.80. The van der Waals surface area contributed by atoms with Gasteiger partial charge in [-0.3, -0.25) is 4.79 Å². The molecule has 0 amide bonds. The second kappa shape index (κ2) is 19.5. The number of carbonyl (C=O) groups excluding carboxylic acids is 1. The molecule has 1 aliphatic heterocycles. The summed E-state index contributed by atoms with van der Waals surface area (Å²) in [5.74, 6) is 7.02. The van der Waals surface area contributed by atoms with Crippen LogP contribution in [0.2, 0.25) is 0 Å². The molecule has 0 aliphatic carbocycles. The van der Waals surface area contributed by atoms with Crippen molar-refractivity contribution in [2.75, 3.05) is 37.5 Å². The predicted molar refractivity (Wildman–Crippen MR) is 137 cm³/mol. The van der Waals surface area contributed by atoms with Crippen LogP contribution in [-0.2, 0) is 32.2 Å². The number of hydrogen-bond donors (Lipinski definition) is 4. The van der Waals surface area contributed by atoms with E-state index in [0.29, 0.717) is 24.5 Å². The van der Waals surface area contributed by atoms with Gasteiger partial charge in [-0.15, -0.1) is 6.58 Å². The molecule has 1 aliphatic rings. The molecule has 0 bridgehead atoms. The van der Waals surface area contributed by atoms with Gasteiger partial charge in [0.2, 0.25) is 0 Å². The Morgan fingerprint density at radius 2 is 1.97 bits per heavy atom. The van der Waals surface area contributed by atoms with Crippen LogP contribution in [0.25, 0.3) is 5.73 Å². The number of aldehydes is 1. The summed E-state index contributed by atoms with van der Waals surface area (Å²) in [5.41, 5.74) is 13.1. The molecule has 2 heterocycles. The van der Waals surface area contributed by atoms with E-state index in [1.54, 1.807) is 0 Å². The smallest absolute Gasteiger partial charge is 0.172 e. The van der Waals surface area contributed by atoms with Crippen LogP contribution in [0.15, 0.2) is 37.0 Å². The van der Waals surface area contributed by atoms with Gasteiger partial charge in [0, 0.05) is 58.0 Å². The van der Waals surface area contributed by atoms with Crippen molar-refractivity contribution in [3.05, 3.63) is 59.7 Å². The molecule has 0 unspecified atom stereocenters. The summed E-state index contributed by atoms with van der Waals surface area (Å²) in [5, 5.41) is 15.5. The molecule has 2 aromatic rings. The number of aliphatic hydroxyl groups excluding tert-OH is 1. The first-order chi connectivity index (χ1) is 16.6. The normalized spacial score (nSPS) is 12.1. The molecular formula is C25H35N6O3W-. The van der Waals surface area contributed by atoms with Crippen molar-refractivity contribution >= 4 is 23.6 Å². The van der Waals surface area contributed by atoms with E-state index >= 15 is 0 Å². The average Bonchev–Trinajstić information content (AvgIpc) is 2.87. The van der Waals surface area contributed by atoms with E-state index in [2.05, 4.69) is 44.8 Å². The van der Waals surface area contributed by atoms with Gasteiger partial charge < -0.3 is 31.9 Å². The number of nitrogens with one attached hydrogen (secondary N) is 3. The summed E-state index contributed by atoms with van der Waals surface area (Å²) >= 11 is 0. The quantitative estimate of drug-likeness (QED) is 0.262. The van der Waals surface area contributed by atoms with Gasteiger partial charge in [0.25, 0.3) is 0 Å². The topological polar surface area (TPSA) is 146 Å². The van der Waals surface area contributed by atoms with Crippen LogP contribution in [0.3, 0.4) is 0 Å². The van der Waals surface area contributed by atoms with Crippen LogP contribution in [0, 0.1) is 11.8 Å². The van der Waals surface area contributed by atoms with Gasteiger partial charge in [-0.2, -0.15) is 6.20 Å². The zero-order chi connectivity index (χ0) is 25.2. The number of nitrogens with two attached hydrogens (primary N) is 1. The van der Waals surface area contributed by atoms with Crippen LogP contribution in [-0.4, -0.2) is 54.3 Å². The Morgan fingerprint density at radius 1 is 1.29 bits per heavy atom. The summed E-state index contributed by atoms with van der Waals surface area (Å²) in [7, 11) is 1.50. The number of ether oxygens (including phenoxy) is 1. The maximum absolute atomic E-state index is 11.6. The first-order valence-electron chi connectivity index (χ1n) is 11.2. The van der Waals surface area contributed by atoms with Crippen LogP contribution in [0.1, 0.15) is 47.9 Å². The van der Waals surface area contributed by atoms with Gasteiger partial charge in [0.05, 0.1) is 12.3 Å². The van der Waals surface area contributed by atoms with E-state index in [0.717, 1.165) is 55.5 Å².